The van der Waals surface area contributed by atoms with Gasteiger partial charge in [0, 0.05) is 6.42 Å². The summed E-state index contributed by atoms with van der Waals surface area (Å²) in [6.07, 6.45) is 4.62. The number of allylic oxidation sites excluding steroid dienone is 2. The minimum absolute atomic E-state index is 0.417. The molecule has 0 bridgehead atoms. The minimum atomic E-state index is 0.417. The maximum atomic E-state index is 9.89. The smallest absolute Gasteiger partial charge is 0.298 e. The van der Waals surface area contributed by atoms with Crippen LogP contribution in [0.5, 0.6) is 0 Å². The second-order valence-corrected chi connectivity index (χ2v) is 2.92. The first kappa shape index (κ1) is 11.0. The summed E-state index contributed by atoms with van der Waals surface area (Å²) in [5, 5.41) is 0. The van der Waals surface area contributed by atoms with E-state index in [-0.39, 0.29) is 0 Å². The van der Waals surface area contributed by atoms with E-state index < -0.39 is 0 Å². The van der Waals surface area contributed by atoms with Crippen LogP contribution in [0, 0.1) is 5.92 Å². The maximum absolute atomic E-state index is 9.89. The van der Waals surface area contributed by atoms with Gasteiger partial charge in [-0.25, -0.2) is 0 Å². The molecule has 0 aromatic carbocycles. The highest BCUT2D eigenvalue weighted by atomic mass is 16.5. The van der Waals surface area contributed by atoms with Crippen LogP contribution >= 0.6 is 0 Å². The Balaban J connectivity index is 3.45. The third-order valence-corrected chi connectivity index (χ3v) is 1.70. The molecule has 0 aromatic rings. The molecule has 0 saturated carbocycles. The first-order valence-corrected chi connectivity index (χ1v) is 4.09. The molecule has 2 nitrogen and oxygen atoms in total. The Kier molecular flexibility index (Phi) is 6.07. The van der Waals surface area contributed by atoms with Gasteiger partial charge in [0.15, 0.2) is 0 Å². The van der Waals surface area contributed by atoms with Gasteiger partial charge in [0.05, 0.1) is 0 Å². The average molecular weight is 168 g/mol. The number of hydrogen-bond donors (Lipinski definition) is 0. The van der Waals surface area contributed by atoms with Crippen LogP contribution in [0.15, 0.2) is 25.0 Å². The highest BCUT2D eigenvalue weighted by molar-refractivity contribution is 5.39. The van der Waals surface area contributed by atoms with Crippen LogP contribution in [0.1, 0.15) is 26.2 Å². The highest BCUT2D eigenvalue weighted by Crippen LogP contribution is 2.14. The molecule has 0 saturated heterocycles. The topological polar surface area (TPSA) is 26.3 Å². The molecular formula is C10H16O2. The standard InChI is InChI=1S/C10H16O2/c1-4-5-9(2)6-7-10(3)12-8-11/h4,8-9H,1,3,5-7H2,2H3/t9-/m0/s1. The number of ether oxygens (including phenoxy) is 1. The van der Waals surface area contributed by atoms with E-state index in [1.54, 1.807) is 0 Å². The van der Waals surface area contributed by atoms with E-state index in [4.69, 9.17) is 0 Å². The van der Waals surface area contributed by atoms with Crippen LogP contribution in [0.4, 0.5) is 0 Å². The van der Waals surface area contributed by atoms with E-state index in [9.17, 15) is 4.79 Å². The average Bonchev–Trinajstić information content (AvgIpc) is 2.02. The second-order valence-electron chi connectivity index (χ2n) is 2.92. The van der Waals surface area contributed by atoms with Crippen molar-refractivity contribution in [3.63, 3.8) is 0 Å². The van der Waals surface area contributed by atoms with Gasteiger partial charge in [-0.2, -0.15) is 0 Å². The van der Waals surface area contributed by atoms with Crippen LogP contribution in [0.2, 0.25) is 0 Å². The van der Waals surface area contributed by atoms with E-state index in [2.05, 4.69) is 24.8 Å². The van der Waals surface area contributed by atoms with Gasteiger partial charge in [-0.15, -0.1) is 6.58 Å². The lowest BCUT2D eigenvalue weighted by molar-refractivity contribution is -0.125. The molecule has 0 aromatic heterocycles. The minimum Gasteiger partial charge on any atom is -0.434 e. The monoisotopic (exact) mass is 168 g/mol. The van der Waals surface area contributed by atoms with Crippen LogP contribution in [-0.2, 0) is 9.53 Å². The quantitative estimate of drug-likeness (QED) is 0.332. The molecule has 0 aliphatic carbocycles. The van der Waals surface area contributed by atoms with Gasteiger partial charge in [-0.05, 0) is 18.8 Å². The van der Waals surface area contributed by atoms with E-state index >= 15 is 0 Å². The molecule has 12 heavy (non-hydrogen) atoms. The zero-order chi connectivity index (χ0) is 9.40. The first-order chi connectivity index (χ1) is 5.70. The fourth-order valence-corrected chi connectivity index (χ4v) is 0.937. The van der Waals surface area contributed by atoms with E-state index in [0.29, 0.717) is 18.1 Å². The van der Waals surface area contributed by atoms with E-state index in [0.717, 1.165) is 19.3 Å². The summed E-state index contributed by atoms with van der Waals surface area (Å²) in [4.78, 5) is 9.89. The number of rotatable bonds is 7. The zero-order valence-corrected chi connectivity index (χ0v) is 7.58. The van der Waals surface area contributed by atoms with Crippen molar-refractivity contribution in [2.75, 3.05) is 0 Å². The third kappa shape index (κ3) is 5.71. The Morgan fingerprint density at radius 1 is 1.67 bits per heavy atom. The van der Waals surface area contributed by atoms with E-state index in [1.807, 2.05) is 6.08 Å². The lowest BCUT2D eigenvalue weighted by Crippen LogP contribution is -1.95. The van der Waals surface area contributed by atoms with Crippen LogP contribution < -0.4 is 0 Å². The number of hydrogen-bond acceptors (Lipinski definition) is 2. The largest absolute Gasteiger partial charge is 0.434 e. The van der Waals surface area contributed by atoms with Gasteiger partial charge in [0.2, 0.25) is 0 Å². The van der Waals surface area contributed by atoms with Crippen molar-refractivity contribution in [2.24, 2.45) is 5.92 Å². The van der Waals surface area contributed by atoms with Crippen LogP contribution in [0.3, 0.4) is 0 Å². The molecule has 0 aliphatic rings. The van der Waals surface area contributed by atoms with Gasteiger partial charge in [-0.3, -0.25) is 4.79 Å². The SMILES string of the molecule is C=CC[C@H](C)CCC(=C)OC=O. The molecule has 0 unspecified atom stereocenters. The lowest BCUT2D eigenvalue weighted by atomic mass is 10.0. The zero-order valence-electron chi connectivity index (χ0n) is 7.58. The molecule has 0 amide bonds. The molecule has 0 spiro atoms. The molecule has 68 valence electrons. The third-order valence-electron chi connectivity index (χ3n) is 1.70. The van der Waals surface area contributed by atoms with Gasteiger partial charge in [0.1, 0.15) is 5.76 Å². The highest BCUT2D eigenvalue weighted by Gasteiger charge is 2.01. The Morgan fingerprint density at radius 2 is 2.33 bits per heavy atom. The van der Waals surface area contributed by atoms with Crippen molar-refractivity contribution in [1.29, 1.82) is 0 Å². The predicted octanol–water partition coefficient (Wildman–Crippen LogP) is 2.67. The van der Waals surface area contributed by atoms with Crippen molar-refractivity contribution in [3.8, 4) is 0 Å². The van der Waals surface area contributed by atoms with Crippen LogP contribution in [-0.4, -0.2) is 6.47 Å². The van der Waals surface area contributed by atoms with Crippen molar-refractivity contribution in [1.82, 2.24) is 0 Å². The molecule has 0 rings (SSSR count). The van der Waals surface area contributed by atoms with Gasteiger partial charge in [-0.1, -0.05) is 19.6 Å². The maximum Gasteiger partial charge on any atom is 0.298 e. The number of carbonyl (C=O) groups excluding carboxylic acids is 1. The Morgan fingerprint density at radius 3 is 2.83 bits per heavy atom. The molecule has 2 heteroatoms. The number of carbonyl (C=O) groups is 1. The summed E-state index contributed by atoms with van der Waals surface area (Å²) in [6, 6.07) is 0. The summed E-state index contributed by atoms with van der Waals surface area (Å²) in [7, 11) is 0. The molecule has 0 aliphatic heterocycles. The fraction of sp³-hybridized carbons (Fsp3) is 0.500. The lowest BCUT2D eigenvalue weighted by Gasteiger charge is -2.08. The fourth-order valence-electron chi connectivity index (χ4n) is 0.937. The summed E-state index contributed by atoms with van der Waals surface area (Å²) >= 11 is 0. The van der Waals surface area contributed by atoms with Gasteiger partial charge in [0.25, 0.3) is 6.47 Å². The Hall–Kier alpha value is -1.05. The molecule has 0 fully saturated rings. The van der Waals surface area contributed by atoms with Gasteiger partial charge < -0.3 is 4.74 Å². The normalized spacial score (nSPS) is 11.8. The predicted molar refractivity (Wildman–Crippen MR) is 49.5 cm³/mol. The Labute approximate surface area is 73.9 Å². The van der Waals surface area contributed by atoms with E-state index in [1.165, 1.54) is 0 Å². The second kappa shape index (κ2) is 6.65. The molecule has 0 radical (unpaired) electrons. The first-order valence-electron chi connectivity index (χ1n) is 4.09. The van der Waals surface area contributed by atoms with Gasteiger partial charge >= 0.3 is 0 Å². The molecule has 0 N–H and O–H groups in total. The van der Waals surface area contributed by atoms with Crippen molar-refractivity contribution >= 4 is 6.47 Å². The molecular weight excluding hydrogens is 152 g/mol. The summed E-state index contributed by atoms with van der Waals surface area (Å²) in [6.45, 7) is 9.80. The summed E-state index contributed by atoms with van der Waals surface area (Å²) < 4.78 is 4.57. The summed E-state index contributed by atoms with van der Waals surface area (Å²) in [5.74, 6) is 1.12. The Bertz CT molecular complexity index is 161. The molecule has 0 heterocycles. The van der Waals surface area contributed by atoms with Crippen molar-refractivity contribution in [3.05, 3.63) is 25.0 Å². The van der Waals surface area contributed by atoms with Crippen molar-refractivity contribution < 1.29 is 9.53 Å². The van der Waals surface area contributed by atoms with Crippen molar-refractivity contribution in [2.45, 2.75) is 26.2 Å². The summed E-state index contributed by atoms with van der Waals surface area (Å²) in [5.41, 5.74) is 0. The van der Waals surface area contributed by atoms with Crippen LogP contribution in [0.25, 0.3) is 0 Å². The molecule has 1 atom stereocenters.